The molecule has 16 unspecified atom stereocenters. The van der Waals surface area contributed by atoms with Crippen LogP contribution in [0.5, 0.6) is 0 Å². The van der Waals surface area contributed by atoms with Gasteiger partial charge in [-0.2, -0.15) is 0 Å². The van der Waals surface area contributed by atoms with E-state index in [9.17, 15) is 89.1 Å². The number of hydrogen-bond acceptors (Lipinski definition) is 29. The van der Waals surface area contributed by atoms with E-state index in [1.54, 1.807) is 49.7 Å². The van der Waals surface area contributed by atoms with E-state index in [4.69, 9.17) is 42.6 Å². The number of alkyl carbamates (subject to hydrolysis) is 1. The molecule has 2 aliphatic heterocycles. The van der Waals surface area contributed by atoms with Gasteiger partial charge in [0, 0.05) is 178 Å². The van der Waals surface area contributed by atoms with Gasteiger partial charge in [-0.3, -0.25) is 38.4 Å². The van der Waals surface area contributed by atoms with Crippen LogP contribution >= 0.6 is 21.6 Å². The lowest BCUT2D eigenvalue weighted by Gasteiger charge is -2.40. The van der Waals surface area contributed by atoms with Gasteiger partial charge >= 0.3 is 18.0 Å². The summed E-state index contributed by atoms with van der Waals surface area (Å²) in [5.74, 6) is -1.99. The molecule has 18 atom stereocenters. The maximum absolute atomic E-state index is 14.4. The van der Waals surface area contributed by atoms with Crippen molar-refractivity contribution in [2.45, 2.75) is 376 Å². The number of nitrogens with one attached hydrogen (secondary N) is 3. The Balaban J connectivity index is 1.28. The summed E-state index contributed by atoms with van der Waals surface area (Å²) in [6.45, 7) is 12.1. The second-order valence-corrected chi connectivity index (χ2v) is 39.0. The summed E-state index contributed by atoms with van der Waals surface area (Å²) in [5, 5.41) is 99.1. The van der Waals surface area contributed by atoms with Crippen LogP contribution in [0, 0.1) is 35.0 Å². The van der Waals surface area contributed by atoms with E-state index in [-0.39, 0.29) is 166 Å². The summed E-state index contributed by atoms with van der Waals surface area (Å²) >= 11 is 0. The van der Waals surface area contributed by atoms with E-state index >= 15 is 0 Å². The van der Waals surface area contributed by atoms with Crippen molar-refractivity contribution in [2.75, 3.05) is 112 Å². The van der Waals surface area contributed by atoms with Gasteiger partial charge in [0.05, 0.1) is 94.5 Å². The average Bonchev–Trinajstić information content (AvgIpc) is 1.17. The molecule has 124 heavy (non-hydrogen) atoms. The van der Waals surface area contributed by atoms with E-state index in [1.165, 1.54) is 0 Å². The number of nitrogens with zero attached hydrogens (tertiary/aromatic N) is 1. The minimum Gasteiger partial charge on any atom is -0.466 e. The largest absolute Gasteiger partial charge is 0.466 e. The number of likely N-dealkylation sites (tertiary alicyclic amines) is 1. The van der Waals surface area contributed by atoms with Gasteiger partial charge in [0.15, 0.2) is 6.29 Å². The highest BCUT2D eigenvalue weighted by molar-refractivity contribution is 8.77. The Hall–Kier alpha value is -4.27. The average molecular weight is 1810 g/mol. The van der Waals surface area contributed by atoms with Gasteiger partial charge in [0.25, 0.3) is 0 Å². The van der Waals surface area contributed by atoms with Crippen LogP contribution in [0.2, 0.25) is 0 Å². The number of aliphatic hydroxyl groups excluding tert-OH is 9. The molecule has 31 nitrogen and oxygen atoms in total. The number of amides is 4. The van der Waals surface area contributed by atoms with E-state index in [0.29, 0.717) is 193 Å². The van der Waals surface area contributed by atoms with E-state index in [2.05, 4.69) is 29.8 Å². The van der Waals surface area contributed by atoms with Gasteiger partial charge < -0.3 is 109 Å². The van der Waals surface area contributed by atoms with Crippen molar-refractivity contribution in [3.63, 3.8) is 0 Å². The fraction of sp³-hybridized carbons (Fsp3) is 0.901. The van der Waals surface area contributed by atoms with E-state index in [0.717, 1.165) is 83.5 Å². The van der Waals surface area contributed by atoms with Crippen molar-refractivity contribution in [2.24, 2.45) is 35.0 Å². The Morgan fingerprint density at radius 2 is 0.879 bits per heavy atom. The summed E-state index contributed by atoms with van der Waals surface area (Å²) in [6.07, 6.45) is 13.7. The predicted octanol–water partition coefficient (Wildman–Crippen LogP) is 9.57. The highest BCUT2D eigenvalue weighted by atomic mass is 33.1. The molecule has 0 aromatic rings. The van der Waals surface area contributed by atoms with Crippen LogP contribution in [-0.4, -0.2) is 294 Å². The molecular formula is C91H162N4O27S2. The molecule has 0 bridgehead atoms. The number of esters is 2. The standard InChI is InChI=1S/C91H162N4O27S2/c1-64-74(55-67(60-96)85(110)82(64)107)116-48-25-33-70(99)31-17-11-8-16-24-47-94-89(113)121-53-30-43-91(58-72(101)40-54-123-124-90(4,5)44-39-71(100)32-20-21-36-79(104)95-59-73(115-7)57-69(95)63-114-6,41-28-51-118-80(105)37-18-12-9-14-22-45-92-77(102)34-26-49-117-75-56-68(61-97)86(111)83(108)65(75)2)42-29-52-119-81(106)38-19-13-10-15-23-46-93-78(103)35-27-50-120-88-66(3)84(109)87(112)76(62-98)122-88/h64-69,73-76,82-88,96-98,107-112H,8-63H2,1-7H3,(H,92,102)(H,93,103)(H,94,113)/t64?,65?,66?,67?,68?,69-,73+,74?,75?,76?,82?,83?,84?,85?,86?,87?,88?,91?/m1/s1. The first-order valence-electron chi connectivity index (χ1n) is 46.8. The SMILES string of the molecule is COC[C@H]1C[C@H](OC)CN1C(=O)CCCCC(=O)CCC(C)(C)SSCCC(=O)CC(CCCOC(=O)CCCCCCCNC(=O)CCCOC1CC(CO)C(O)C(O)C1C)(CCCOC(=O)CCCCCCCNC(=O)CCCOC1OC(CO)C(O)C(O)C1C)CCCOC(=O)NCCCCCCCC(=O)CCCOC1CC(CO)C(O)C(O)C1C. The van der Waals surface area contributed by atoms with E-state index < -0.39 is 84.9 Å². The van der Waals surface area contributed by atoms with E-state index in [1.807, 2.05) is 11.8 Å². The molecule has 4 rings (SSSR count). The molecule has 0 spiro atoms. The lowest BCUT2D eigenvalue weighted by Crippen LogP contribution is -2.55. The molecule has 4 fully saturated rings. The van der Waals surface area contributed by atoms with Crippen molar-refractivity contribution >= 4 is 74.7 Å². The molecule has 2 saturated carbocycles. The molecule has 4 aliphatic rings. The number of carbonyl (C=O) groups is 9. The quantitative estimate of drug-likeness (QED) is 0.0117. The number of methoxy groups -OCH3 is 2. The van der Waals surface area contributed by atoms with Crippen LogP contribution in [-0.2, 0) is 81.0 Å². The number of rotatable bonds is 72. The number of ketones is 3. The van der Waals surface area contributed by atoms with Gasteiger partial charge in [-0.25, -0.2) is 4.79 Å². The molecule has 720 valence electrons. The first-order valence-corrected chi connectivity index (χ1v) is 49.2. The topological polar surface area (TPSA) is 458 Å². The summed E-state index contributed by atoms with van der Waals surface area (Å²) in [5.41, 5.74) is -0.646. The smallest absolute Gasteiger partial charge is 0.407 e. The third-order valence-electron chi connectivity index (χ3n) is 25.1. The van der Waals surface area contributed by atoms with Crippen LogP contribution in [0.3, 0.4) is 0 Å². The Morgan fingerprint density at radius 3 is 1.39 bits per heavy atom. The van der Waals surface area contributed by atoms with Gasteiger partial charge in [-0.1, -0.05) is 100 Å². The Kier molecular flexibility index (Phi) is 59.0. The maximum atomic E-state index is 14.4. The fourth-order valence-electron chi connectivity index (χ4n) is 16.9. The number of ether oxygens (including phenoxy) is 9. The molecule has 33 heteroatoms. The molecule has 2 heterocycles. The second-order valence-electron chi connectivity index (χ2n) is 35.8. The molecule has 4 amide bonds. The normalized spacial score (nSPS) is 25.2. The number of carbonyl (C=O) groups excluding carboxylic acids is 9. The first kappa shape index (κ1) is 112. The zero-order valence-electron chi connectivity index (χ0n) is 76.1. The fourth-order valence-corrected chi connectivity index (χ4v) is 19.6. The number of Topliss-reactive ketones (excluding diaryl/α,β-unsaturated/α-hetero) is 3. The lowest BCUT2D eigenvalue weighted by atomic mass is 9.71. The van der Waals surface area contributed by atoms with Crippen molar-refractivity contribution in [1.29, 1.82) is 0 Å². The summed E-state index contributed by atoms with van der Waals surface area (Å²) in [4.78, 5) is 120. The predicted molar refractivity (Wildman–Crippen MR) is 472 cm³/mol. The van der Waals surface area contributed by atoms with Gasteiger partial charge in [0.2, 0.25) is 17.7 Å². The Labute approximate surface area is 746 Å². The summed E-state index contributed by atoms with van der Waals surface area (Å²) in [6, 6.07) is -0.0222. The van der Waals surface area contributed by atoms with Crippen LogP contribution < -0.4 is 16.0 Å². The minimum absolute atomic E-state index is 0.0194. The second kappa shape index (κ2) is 65.3. The molecule has 0 aromatic heterocycles. The van der Waals surface area contributed by atoms with Crippen molar-refractivity contribution in [3.05, 3.63) is 0 Å². The molecule has 2 aliphatic carbocycles. The number of aliphatic hydroxyl groups is 9. The zero-order valence-corrected chi connectivity index (χ0v) is 77.7. The van der Waals surface area contributed by atoms with Gasteiger partial charge in [-0.05, 0) is 154 Å². The number of hydrogen-bond donors (Lipinski definition) is 12. The molecule has 12 N–H and O–H groups in total. The zero-order chi connectivity index (χ0) is 91.1. The highest BCUT2D eigenvalue weighted by Crippen LogP contribution is 2.43. The molecule has 0 radical (unpaired) electrons. The summed E-state index contributed by atoms with van der Waals surface area (Å²) in [7, 11) is 6.51. The summed E-state index contributed by atoms with van der Waals surface area (Å²) < 4.78 is 51.2. The number of unbranched alkanes of at least 4 members (excludes halogenated alkanes) is 13. The molecule has 2 saturated heterocycles. The third-order valence-corrected chi connectivity index (χ3v) is 28.4. The van der Waals surface area contributed by atoms with Crippen LogP contribution in [0.1, 0.15) is 298 Å². The third kappa shape index (κ3) is 46.0. The van der Waals surface area contributed by atoms with Gasteiger partial charge in [-0.15, -0.1) is 0 Å². The molecule has 0 aromatic carbocycles. The van der Waals surface area contributed by atoms with Crippen molar-refractivity contribution in [1.82, 2.24) is 20.9 Å². The van der Waals surface area contributed by atoms with Crippen LogP contribution in [0.4, 0.5) is 4.79 Å². The van der Waals surface area contributed by atoms with Gasteiger partial charge in [0.1, 0.15) is 29.6 Å². The first-order chi connectivity index (χ1) is 59.5. The maximum Gasteiger partial charge on any atom is 0.407 e. The Bertz CT molecular complexity index is 2740. The Morgan fingerprint density at radius 1 is 0.435 bits per heavy atom. The van der Waals surface area contributed by atoms with Crippen molar-refractivity contribution in [3.8, 4) is 0 Å². The van der Waals surface area contributed by atoms with Crippen LogP contribution in [0.15, 0.2) is 0 Å². The van der Waals surface area contributed by atoms with Crippen molar-refractivity contribution < 1.29 is 132 Å². The molecular weight excluding hydrogens is 1650 g/mol. The minimum atomic E-state index is -1.22. The lowest BCUT2D eigenvalue weighted by molar-refractivity contribution is -0.282. The van der Waals surface area contributed by atoms with Crippen LogP contribution in [0.25, 0.3) is 0 Å². The highest BCUT2D eigenvalue weighted by Gasteiger charge is 2.45. The monoisotopic (exact) mass is 1810 g/mol.